The van der Waals surface area contributed by atoms with Gasteiger partial charge in [-0.25, -0.2) is 0 Å². The Morgan fingerprint density at radius 3 is 2.73 bits per heavy atom. The van der Waals surface area contributed by atoms with Gasteiger partial charge in [-0.15, -0.1) is 11.8 Å². The highest BCUT2D eigenvalue weighted by Crippen LogP contribution is 2.24. The molecule has 0 aliphatic heterocycles. The summed E-state index contributed by atoms with van der Waals surface area (Å²) in [5.41, 5.74) is -0.895. The molecule has 2 N–H and O–H groups in total. The standard InChI is InChI=1S/C16H18ClNO3S/c1-10-4-7-14(21-10)16(2,20)9-18-15(19)12-8-11(22-3)5-6-13(12)17/h4-8,20H,9H2,1-3H3,(H,18,19). The molecule has 0 radical (unpaired) electrons. The third-order valence-electron chi connectivity index (χ3n) is 3.28. The second kappa shape index (κ2) is 6.77. The van der Waals surface area contributed by atoms with Crippen LogP contribution in [0.3, 0.4) is 0 Å². The molecule has 0 saturated heterocycles. The highest BCUT2D eigenvalue weighted by atomic mass is 35.5. The number of hydrogen-bond donors (Lipinski definition) is 2. The number of aryl methyl sites for hydroxylation is 1. The normalized spacial score (nSPS) is 13.7. The summed E-state index contributed by atoms with van der Waals surface area (Å²) in [6.45, 7) is 3.41. The van der Waals surface area contributed by atoms with E-state index in [2.05, 4.69) is 5.32 Å². The molecule has 4 nitrogen and oxygen atoms in total. The minimum Gasteiger partial charge on any atom is -0.463 e. The summed E-state index contributed by atoms with van der Waals surface area (Å²) in [6, 6.07) is 8.74. The zero-order valence-electron chi connectivity index (χ0n) is 12.6. The molecule has 0 saturated carbocycles. The minimum atomic E-state index is -1.28. The first-order valence-corrected chi connectivity index (χ1v) is 8.35. The Balaban J connectivity index is 2.09. The van der Waals surface area contributed by atoms with Gasteiger partial charge < -0.3 is 14.8 Å². The number of furan rings is 1. The van der Waals surface area contributed by atoms with Crippen molar-refractivity contribution in [2.24, 2.45) is 0 Å². The van der Waals surface area contributed by atoms with Gasteiger partial charge in [0.2, 0.25) is 0 Å². The molecule has 118 valence electrons. The Bertz CT molecular complexity index is 682. The average molecular weight is 340 g/mol. The molecule has 0 aliphatic rings. The van der Waals surface area contributed by atoms with E-state index in [1.807, 2.05) is 12.3 Å². The van der Waals surface area contributed by atoms with Gasteiger partial charge in [0.05, 0.1) is 17.1 Å². The molecule has 1 aromatic carbocycles. The Labute approximate surface area is 138 Å². The minimum absolute atomic E-state index is 0.0264. The van der Waals surface area contributed by atoms with E-state index in [4.69, 9.17) is 16.0 Å². The van der Waals surface area contributed by atoms with Crippen LogP contribution in [0.25, 0.3) is 0 Å². The SMILES string of the molecule is CSc1ccc(Cl)c(C(=O)NCC(C)(O)c2ccc(C)o2)c1. The predicted octanol–water partition coefficient (Wildman–Crippen LogP) is 3.60. The molecule has 2 rings (SSSR count). The molecule has 1 aromatic heterocycles. The summed E-state index contributed by atoms with van der Waals surface area (Å²) in [7, 11) is 0. The van der Waals surface area contributed by atoms with Gasteiger partial charge in [-0.1, -0.05) is 11.6 Å². The quantitative estimate of drug-likeness (QED) is 0.817. The molecule has 1 heterocycles. The van der Waals surface area contributed by atoms with E-state index >= 15 is 0 Å². The number of thioether (sulfide) groups is 1. The fourth-order valence-corrected chi connectivity index (χ4v) is 2.61. The number of rotatable bonds is 5. The van der Waals surface area contributed by atoms with Crippen LogP contribution in [0.5, 0.6) is 0 Å². The molecule has 0 bridgehead atoms. The lowest BCUT2D eigenvalue weighted by Gasteiger charge is -2.21. The molecule has 1 amide bonds. The van der Waals surface area contributed by atoms with Crippen molar-refractivity contribution < 1.29 is 14.3 Å². The van der Waals surface area contributed by atoms with E-state index in [0.29, 0.717) is 22.1 Å². The molecule has 22 heavy (non-hydrogen) atoms. The first-order valence-electron chi connectivity index (χ1n) is 6.74. The lowest BCUT2D eigenvalue weighted by molar-refractivity contribution is 0.0323. The fourth-order valence-electron chi connectivity index (χ4n) is 1.96. The van der Waals surface area contributed by atoms with Crippen molar-refractivity contribution in [3.05, 3.63) is 52.4 Å². The molecule has 0 fully saturated rings. The van der Waals surface area contributed by atoms with E-state index in [1.54, 1.807) is 38.1 Å². The monoisotopic (exact) mass is 339 g/mol. The van der Waals surface area contributed by atoms with Crippen molar-refractivity contribution in [2.45, 2.75) is 24.3 Å². The van der Waals surface area contributed by atoms with E-state index in [9.17, 15) is 9.90 Å². The Hall–Kier alpha value is -1.43. The topological polar surface area (TPSA) is 62.5 Å². The summed E-state index contributed by atoms with van der Waals surface area (Å²) < 4.78 is 5.42. The van der Waals surface area contributed by atoms with Crippen molar-refractivity contribution in [3.63, 3.8) is 0 Å². The molecule has 1 unspecified atom stereocenters. The van der Waals surface area contributed by atoms with Gasteiger partial charge in [-0.2, -0.15) is 0 Å². The van der Waals surface area contributed by atoms with E-state index in [1.165, 1.54) is 11.8 Å². The highest BCUT2D eigenvalue weighted by molar-refractivity contribution is 7.98. The summed E-state index contributed by atoms with van der Waals surface area (Å²) in [5, 5.41) is 13.5. The zero-order valence-corrected chi connectivity index (χ0v) is 14.2. The number of hydrogen-bond acceptors (Lipinski definition) is 4. The van der Waals surface area contributed by atoms with Gasteiger partial charge in [0.25, 0.3) is 5.91 Å². The van der Waals surface area contributed by atoms with Gasteiger partial charge in [-0.3, -0.25) is 4.79 Å². The van der Waals surface area contributed by atoms with Crippen LogP contribution in [0, 0.1) is 6.92 Å². The summed E-state index contributed by atoms with van der Waals surface area (Å²) in [6.07, 6.45) is 1.93. The Morgan fingerprint density at radius 1 is 1.41 bits per heavy atom. The van der Waals surface area contributed by atoms with Gasteiger partial charge >= 0.3 is 0 Å². The Morgan fingerprint density at radius 2 is 2.14 bits per heavy atom. The van der Waals surface area contributed by atoms with Crippen molar-refractivity contribution in [2.75, 3.05) is 12.8 Å². The average Bonchev–Trinajstić information content (AvgIpc) is 2.93. The molecule has 0 aliphatic carbocycles. The summed E-state index contributed by atoms with van der Waals surface area (Å²) in [4.78, 5) is 13.2. The maximum Gasteiger partial charge on any atom is 0.252 e. The Kier molecular flexibility index (Phi) is 5.21. The summed E-state index contributed by atoms with van der Waals surface area (Å²) in [5.74, 6) is 0.788. The molecular formula is C16H18ClNO3S. The van der Waals surface area contributed by atoms with E-state index in [0.717, 1.165) is 4.90 Å². The number of aliphatic hydroxyl groups is 1. The lowest BCUT2D eigenvalue weighted by Crippen LogP contribution is -2.38. The maximum absolute atomic E-state index is 12.3. The van der Waals surface area contributed by atoms with Gasteiger partial charge in [0.15, 0.2) is 0 Å². The van der Waals surface area contributed by atoms with Crippen LogP contribution < -0.4 is 5.32 Å². The second-order valence-electron chi connectivity index (χ2n) is 5.21. The highest BCUT2D eigenvalue weighted by Gasteiger charge is 2.27. The first-order chi connectivity index (χ1) is 10.3. The zero-order chi connectivity index (χ0) is 16.3. The van der Waals surface area contributed by atoms with Crippen LogP contribution in [-0.4, -0.2) is 23.8 Å². The van der Waals surface area contributed by atoms with Crippen molar-refractivity contribution >= 4 is 29.3 Å². The van der Waals surface area contributed by atoms with Gasteiger partial charge in [-0.05, 0) is 50.4 Å². The smallest absolute Gasteiger partial charge is 0.252 e. The van der Waals surface area contributed by atoms with Gasteiger partial charge in [0.1, 0.15) is 17.1 Å². The largest absolute Gasteiger partial charge is 0.463 e. The lowest BCUT2D eigenvalue weighted by atomic mass is 10.0. The number of nitrogens with one attached hydrogen (secondary N) is 1. The molecular weight excluding hydrogens is 322 g/mol. The number of halogens is 1. The van der Waals surface area contributed by atoms with Crippen LogP contribution >= 0.6 is 23.4 Å². The fraction of sp³-hybridized carbons (Fsp3) is 0.312. The summed E-state index contributed by atoms with van der Waals surface area (Å²) >= 11 is 7.60. The van der Waals surface area contributed by atoms with Crippen LogP contribution in [0.2, 0.25) is 5.02 Å². The van der Waals surface area contributed by atoms with E-state index < -0.39 is 5.60 Å². The van der Waals surface area contributed by atoms with Gasteiger partial charge in [0, 0.05) is 4.90 Å². The number of benzene rings is 1. The predicted molar refractivity (Wildman–Crippen MR) is 88.6 cm³/mol. The molecule has 1 atom stereocenters. The van der Waals surface area contributed by atoms with E-state index in [-0.39, 0.29) is 12.5 Å². The molecule has 0 spiro atoms. The third-order valence-corrected chi connectivity index (χ3v) is 4.34. The second-order valence-corrected chi connectivity index (χ2v) is 6.50. The van der Waals surface area contributed by atoms with Crippen LogP contribution in [0.15, 0.2) is 39.6 Å². The third kappa shape index (κ3) is 3.85. The van der Waals surface area contributed by atoms with Crippen LogP contribution in [0.1, 0.15) is 28.8 Å². The maximum atomic E-state index is 12.3. The van der Waals surface area contributed by atoms with Crippen molar-refractivity contribution in [1.29, 1.82) is 0 Å². The number of carbonyl (C=O) groups is 1. The number of amides is 1. The van der Waals surface area contributed by atoms with Crippen molar-refractivity contribution in [1.82, 2.24) is 5.32 Å². The first kappa shape index (κ1) is 16.9. The van der Waals surface area contributed by atoms with Crippen molar-refractivity contribution in [3.8, 4) is 0 Å². The molecule has 6 heteroatoms. The number of carbonyl (C=O) groups excluding carboxylic acids is 1. The van der Waals surface area contributed by atoms with Crippen LogP contribution in [-0.2, 0) is 5.60 Å². The van der Waals surface area contributed by atoms with Crippen LogP contribution in [0.4, 0.5) is 0 Å². The molecule has 2 aromatic rings.